The van der Waals surface area contributed by atoms with Crippen LogP contribution < -0.4 is 4.90 Å². The number of piperazine rings is 1. The molecule has 3 atom stereocenters. The molecule has 2 saturated heterocycles. The number of oxazole rings is 1. The summed E-state index contributed by atoms with van der Waals surface area (Å²) in [5.74, 6) is 0. The van der Waals surface area contributed by atoms with Crippen molar-refractivity contribution in [2.75, 3.05) is 24.6 Å². The Morgan fingerprint density at radius 3 is 2.35 bits per heavy atom. The van der Waals surface area contributed by atoms with E-state index in [0.717, 1.165) is 36.3 Å². The number of thiazole rings is 1. The Balaban J connectivity index is 1.49. The van der Waals surface area contributed by atoms with Crippen molar-refractivity contribution in [1.29, 1.82) is 0 Å². The Labute approximate surface area is 228 Å². The van der Waals surface area contributed by atoms with Crippen molar-refractivity contribution in [3.8, 4) is 10.6 Å². The average molecular weight is 593 g/mol. The third kappa shape index (κ3) is 5.99. The largest absolute Gasteiger partial charge is 0.444 e. The van der Waals surface area contributed by atoms with E-state index in [1.54, 1.807) is 31.1 Å². The molecule has 4 heterocycles. The molecule has 15 heteroatoms. The molecule has 0 spiro atoms. The quantitative estimate of drug-likeness (QED) is 0.304. The van der Waals surface area contributed by atoms with Crippen LogP contribution in [0.2, 0.25) is 0 Å². The van der Waals surface area contributed by atoms with Crippen LogP contribution in [0.5, 0.6) is 0 Å². The molecule has 1 amide bonds. The fourth-order valence-corrected chi connectivity index (χ4v) is 5.73. The molecule has 3 aromatic rings. The van der Waals surface area contributed by atoms with Crippen LogP contribution in [0.25, 0.3) is 21.7 Å². The summed E-state index contributed by atoms with van der Waals surface area (Å²) in [5, 5.41) is 1.92. The van der Waals surface area contributed by atoms with Gasteiger partial charge in [0.1, 0.15) is 22.7 Å². The second-order valence-electron chi connectivity index (χ2n) is 10.8. The summed E-state index contributed by atoms with van der Waals surface area (Å²) in [6, 6.07) is 1.88. The van der Waals surface area contributed by atoms with Gasteiger partial charge in [0, 0.05) is 24.7 Å². The molecule has 2 fully saturated rings. The van der Waals surface area contributed by atoms with Gasteiger partial charge in [-0.15, -0.1) is 11.3 Å². The number of aromatic nitrogens is 2. The highest BCUT2D eigenvalue weighted by molar-refractivity contribution is 7.13. The molecule has 0 N–H and O–H groups in total. The highest BCUT2D eigenvalue weighted by Gasteiger charge is 2.46. The number of rotatable bonds is 5. The number of hydrogen-bond donors (Lipinski definition) is 0. The van der Waals surface area contributed by atoms with Gasteiger partial charge >= 0.3 is 18.4 Å². The number of carbonyl (C=O) groups excluding carboxylic acids is 1. The van der Waals surface area contributed by atoms with E-state index >= 15 is 0 Å². The van der Waals surface area contributed by atoms with Gasteiger partial charge in [0.25, 0.3) is 6.01 Å². The zero-order chi connectivity index (χ0) is 29.0. The van der Waals surface area contributed by atoms with Crippen molar-refractivity contribution in [1.82, 2.24) is 14.9 Å². The molecule has 8 nitrogen and oxygen atoms in total. The van der Waals surface area contributed by atoms with Crippen molar-refractivity contribution in [3.05, 3.63) is 29.3 Å². The lowest BCUT2D eigenvalue weighted by Gasteiger charge is -2.40. The molecule has 2 aliphatic rings. The highest BCUT2D eigenvalue weighted by Crippen LogP contribution is 2.43. The Kier molecular flexibility index (Phi) is 7.18. The summed E-state index contributed by atoms with van der Waals surface area (Å²) in [7, 11) is 0. The number of alkyl halides is 6. The number of fused-ring (bicyclic) bond motifs is 3. The smallest absolute Gasteiger partial charge is 0.418 e. The third-order valence-electron chi connectivity index (χ3n) is 6.53. The number of amides is 1. The van der Waals surface area contributed by atoms with Gasteiger partial charge in [-0.2, -0.15) is 31.3 Å². The maximum atomic E-state index is 13.8. The van der Waals surface area contributed by atoms with E-state index in [1.807, 2.05) is 4.90 Å². The van der Waals surface area contributed by atoms with Crippen molar-refractivity contribution in [3.63, 3.8) is 0 Å². The van der Waals surface area contributed by atoms with Crippen molar-refractivity contribution < 1.29 is 45.0 Å². The van der Waals surface area contributed by atoms with Crippen LogP contribution in [0.3, 0.4) is 0 Å². The molecule has 3 unspecified atom stereocenters. The number of ether oxygens (including phenoxy) is 2. The predicted octanol–water partition coefficient (Wildman–Crippen LogP) is 6.72. The number of carbonyl (C=O) groups is 1. The fourth-order valence-electron chi connectivity index (χ4n) is 5.07. The van der Waals surface area contributed by atoms with Crippen LogP contribution >= 0.6 is 11.3 Å². The lowest BCUT2D eigenvalue weighted by Crippen LogP contribution is -2.56. The van der Waals surface area contributed by atoms with E-state index in [-0.39, 0.29) is 34.8 Å². The lowest BCUT2D eigenvalue weighted by molar-refractivity contribution is -0.258. The van der Waals surface area contributed by atoms with Gasteiger partial charge in [-0.25, -0.2) is 9.78 Å². The van der Waals surface area contributed by atoms with Gasteiger partial charge in [0.15, 0.2) is 11.7 Å². The first-order valence-electron chi connectivity index (χ1n) is 12.4. The molecule has 0 radical (unpaired) electrons. The van der Waals surface area contributed by atoms with Crippen molar-refractivity contribution >= 4 is 34.5 Å². The van der Waals surface area contributed by atoms with Crippen molar-refractivity contribution in [2.24, 2.45) is 0 Å². The summed E-state index contributed by atoms with van der Waals surface area (Å²) < 4.78 is 95.7. The molecule has 2 bridgehead atoms. The molecular formula is C25H26F6N4O4S. The Morgan fingerprint density at radius 1 is 1.12 bits per heavy atom. The van der Waals surface area contributed by atoms with Crippen LogP contribution in [0, 0.1) is 0 Å². The van der Waals surface area contributed by atoms with Gasteiger partial charge in [0.05, 0.1) is 17.6 Å². The van der Waals surface area contributed by atoms with Crippen LogP contribution in [0.15, 0.2) is 28.1 Å². The van der Waals surface area contributed by atoms with Crippen LogP contribution in [-0.4, -0.2) is 70.7 Å². The minimum atomic E-state index is -5.12. The first kappa shape index (κ1) is 28.5. The van der Waals surface area contributed by atoms with E-state index in [0.29, 0.717) is 18.1 Å². The Morgan fingerprint density at radius 2 is 1.80 bits per heavy atom. The molecule has 40 heavy (non-hydrogen) atoms. The number of anilines is 1. The van der Waals surface area contributed by atoms with Crippen molar-refractivity contribution in [2.45, 2.75) is 69.8 Å². The third-order valence-corrected chi connectivity index (χ3v) is 7.34. The van der Waals surface area contributed by atoms with Crippen LogP contribution in [0.1, 0.15) is 45.3 Å². The minimum Gasteiger partial charge on any atom is -0.444 e. The zero-order valence-electron chi connectivity index (χ0n) is 21.7. The first-order valence-corrected chi connectivity index (χ1v) is 13.3. The topological polar surface area (TPSA) is 80.9 Å². The number of halogens is 6. The van der Waals surface area contributed by atoms with E-state index in [1.165, 1.54) is 6.20 Å². The van der Waals surface area contributed by atoms with Gasteiger partial charge in [0.2, 0.25) is 0 Å². The SMILES string of the molecule is CC(C)(C)OC(=O)N1C2CCC1CN(c1nc3cc(C(OCC(F)(F)F)C(F)(F)F)cc(-c4nccs4)c3o1)C2. The van der Waals surface area contributed by atoms with E-state index in [9.17, 15) is 31.1 Å². The number of benzene rings is 1. The Hall–Kier alpha value is -3.07. The summed E-state index contributed by atoms with van der Waals surface area (Å²) in [6.07, 6.45) is -10.4. The molecule has 0 saturated carbocycles. The summed E-state index contributed by atoms with van der Waals surface area (Å²) in [5.41, 5.74) is -0.891. The van der Waals surface area contributed by atoms with E-state index in [2.05, 4.69) is 14.7 Å². The average Bonchev–Trinajstić information content (AvgIpc) is 3.54. The fraction of sp³-hybridized carbons (Fsp3) is 0.560. The molecule has 1 aromatic carbocycles. The predicted molar refractivity (Wildman–Crippen MR) is 133 cm³/mol. The summed E-state index contributed by atoms with van der Waals surface area (Å²) in [6.45, 7) is 4.01. The van der Waals surface area contributed by atoms with Gasteiger partial charge in [-0.05, 0) is 51.3 Å². The van der Waals surface area contributed by atoms with Gasteiger partial charge < -0.3 is 18.8 Å². The van der Waals surface area contributed by atoms with Gasteiger partial charge in [-0.3, -0.25) is 4.90 Å². The van der Waals surface area contributed by atoms with E-state index < -0.39 is 42.3 Å². The lowest BCUT2D eigenvalue weighted by atomic mass is 10.0. The second-order valence-corrected chi connectivity index (χ2v) is 11.7. The molecule has 218 valence electrons. The monoisotopic (exact) mass is 592 g/mol. The number of nitrogens with zero attached hydrogens (tertiary/aromatic N) is 4. The molecule has 2 aromatic heterocycles. The Bertz CT molecular complexity index is 1350. The standard InChI is InChI=1S/C25H26F6N4O4S/c1-23(2,3)39-22(36)35-14-4-5-15(35)11-34(10-14)21-33-17-9-13(19(25(29,30)31)37-12-24(26,27)28)8-16(18(17)38-21)20-32-6-7-40-20/h6-9,14-15,19H,4-5,10-12H2,1-3H3. The molecule has 2 aliphatic heterocycles. The second kappa shape index (κ2) is 10.1. The zero-order valence-corrected chi connectivity index (χ0v) is 22.5. The molecule has 0 aliphatic carbocycles. The molecular weight excluding hydrogens is 566 g/mol. The minimum absolute atomic E-state index is 0.0180. The van der Waals surface area contributed by atoms with Crippen LogP contribution in [0.4, 0.5) is 37.2 Å². The maximum Gasteiger partial charge on any atom is 0.418 e. The normalized spacial score (nSPS) is 20.8. The van der Waals surface area contributed by atoms with Gasteiger partial charge in [-0.1, -0.05) is 0 Å². The first-order chi connectivity index (χ1) is 18.6. The summed E-state index contributed by atoms with van der Waals surface area (Å²) in [4.78, 5) is 24.9. The maximum absolute atomic E-state index is 13.8. The number of hydrogen-bond acceptors (Lipinski definition) is 8. The summed E-state index contributed by atoms with van der Waals surface area (Å²) >= 11 is 1.13. The van der Waals surface area contributed by atoms with E-state index in [4.69, 9.17) is 9.15 Å². The van der Waals surface area contributed by atoms with Crippen LogP contribution in [-0.2, 0) is 9.47 Å². The highest BCUT2D eigenvalue weighted by atomic mass is 32.1. The molecule has 5 rings (SSSR count).